The van der Waals surface area contributed by atoms with Crippen LogP contribution in [0.25, 0.3) is 0 Å². The molecular formula is C13H20N6O. The van der Waals surface area contributed by atoms with Crippen molar-refractivity contribution < 1.29 is 0 Å². The number of anilines is 2. The van der Waals surface area contributed by atoms with Gasteiger partial charge in [-0.1, -0.05) is 0 Å². The Morgan fingerprint density at radius 1 is 0.700 bits per heavy atom. The lowest BCUT2D eigenvalue weighted by molar-refractivity contribution is 0.556. The molecule has 0 unspecified atom stereocenters. The van der Waals surface area contributed by atoms with E-state index in [-0.39, 0.29) is 5.95 Å². The van der Waals surface area contributed by atoms with E-state index in [1.54, 1.807) is 0 Å². The molecule has 20 heavy (non-hydrogen) atoms. The first-order valence-corrected chi connectivity index (χ1v) is 7.46. The lowest BCUT2D eigenvalue weighted by atomic mass is 10.1. The van der Waals surface area contributed by atoms with Crippen molar-refractivity contribution in [2.24, 2.45) is 5.18 Å². The number of aromatic nitrogens is 3. The molecule has 0 aliphatic carbocycles. The predicted octanol–water partition coefficient (Wildman–Crippen LogP) is 2.25. The van der Waals surface area contributed by atoms with E-state index in [4.69, 9.17) is 0 Å². The zero-order chi connectivity index (χ0) is 13.8. The minimum Gasteiger partial charge on any atom is -0.341 e. The van der Waals surface area contributed by atoms with Gasteiger partial charge in [0, 0.05) is 31.4 Å². The van der Waals surface area contributed by atoms with Gasteiger partial charge in [-0.25, -0.2) is 0 Å². The first kappa shape index (κ1) is 13.2. The first-order chi connectivity index (χ1) is 9.86. The topological polar surface area (TPSA) is 74.6 Å². The monoisotopic (exact) mass is 276 g/mol. The van der Waals surface area contributed by atoms with Crippen LogP contribution < -0.4 is 9.80 Å². The van der Waals surface area contributed by atoms with Crippen molar-refractivity contribution in [1.29, 1.82) is 0 Å². The Hall–Kier alpha value is -1.79. The molecule has 0 spiro atoms. The molecule has 3 rings (SSSR count). The molecule has 0 radical (unpaired) electrons. The van der Waals surface area contributed by atoms with E-state index >= 15 is 0 Å². The van der Waals surface area contributed by atoms with Gasteiger partial charge in [-0.15, -0.1) is 4.91 Å². The Morgan fingerprint density at radius 3 is 1.55 bits per heavy atom. The lowest BCUT2D eigenvalue weighted by Crippen LogP contribution is -2.34. The summed E-state index contributed by atoms with van der Waals surface area (Å²) in [6.45, 7) is 3.78. The lowest BCUT2D eigenvalue weighted by Gasteiger charge is -2.29. The highest BCUT2D eigenvalue weighted by molar-refractivity contribution is 5.43. The van der Waals surface area contributed by atoms with Crippen LogP contribution in [0.1, 0.15) is 38.5 Å². The number of nitrogens with zero attached hydrogens (tertiary/aromatic N) is 6. The van der Waals surface area contributed by atoms with Crippen LogP contribution in [0.4, 0.5) is 17.8 Å². The highest BCUT2D eigenvalue weighted by Crippen LogP contribution is 2.23. The summed E-state index contributed by atoms with van der Waals surface area (Å²) in [6.07, 6.45) is 7.09. The normalized spacial score (nSPS) is 20.0. The Kier molecular flexibility index (Phi) is 4.03. The number of hydrogen-bond acceptors (Lipinski definition) is 7. The molecule has 3 heterocycles. The summed E-state index contributed by atoms with van der Waals surface area (Å²) in [5.41, 5.74) is 0. The smallest absolute Gasteiger partial charge is 0.297 e. The first-order valence-electron chi connectivity index (χ1n) is 7.46. The van der Waals surface area contributed by atoms with Gasteiger partial charge in [0.15, 0.2) is 0 Å². The quantitative estimate of drug-likeness (QED) is 0.788. The van der Waals surface area contributed by atoms with E-state index in [9.17, 15) is 4.91 Å². The van der Waals surface area contributed by atoms with Crippen LogP contribution in [0.2, 0.25) is 0 Å². The van der Waals surface area contributed by atoms with Crippen molar-refractivity contribution in [2.75, 3.05) is 36.0 Å². The second-order valence-corrected chi connectivity index (χ2v) is 5.42. The average Bonchev–Trinajstić information content (AvgIpc) is 2.56. The van der Waals surface area contributed by atoms with E-state index in [0.29, 0.717) is 11.9 Å². The maximum Gasteiger partial charge on any atom is 0.297 e. The molecule has 2 saturated heterocycles. The molecule has 0 saturated carbocycles. The standard InChI is InChI=1S/C13H20N6O/c20-17-11-14-12(18-7-3-1-4-8-18)16-13(15-11)19-9-5-2-6-10-19/h1-10H2. The highest BCUT2D eigenvalue weighted by atomic mass is 16.3. The molecule has 2 fully saturated rings. The van der Waals surface area contributed by atoms with E-state index < -0.39 is 0 Å². The largest absolute Gasteiger partial charge is 0.341 e. The Labute approximate surface area is 118 Å². The maximum absolute atomic E-state index is 10.8. The number of rotatable bonds is 3. The fraction of sp³-hybridized carbons (Fsp3) is 0.769. The molecule has 1 aromatic rings. The van der Waals surface area contributed by atoms with Crippen molar-refractivity contribution in [3.05, 3.63) is 4.91 Å². The van der Waals surface area contributed by atoms with Crippen molar-refractivity contribution in [2.45, 2.75) is 38.5 Å². The molecule has 0 aromatic carbocycles. The maximum atomic E-state index is 10.8. The van der Waals surface area contributed by atoms with Gasteiger partial charge >= 0.3 is 0 Å². The van der Waals surface area contributed by atoms with E-state index in [1.807, 2.05) is 0 Å². The van der Waals surface area contributed by atoms with E-state index in [0.717, 1.165) is 51.9 Å². The minimum absolute atomic E-state index is 0.00106. The third kappa shape index (κ3) is 2.86. The van der Waals surface area contributed by atoms with Gasteiger partial charge in [0.25, 0.3) is 5.95 Å². The van der Waals surface area contributed by atoms with Gasteiger partial charge in [0.1, 0.15) is 0 Å². The summed E-state index contributed by atoms with van der Waals surface area (Å²) >= 11 is 0. The summed E-state index contributed by atoms with van der Waals surface area (Å²) < 4.78 is 0. The van der Waals surface area contributed by atoms with Gasteiger partial charge in [-0.05, 0) is 38.5 Å². The molecule has 7 nitrogen and oxygen atoms in total. The van der Waals surface area contributed by atoms with Crippen LogP contribution in [-0.2, 0) is 0 Å². The molecular weight excluding hydrogens is 256 g/mol. The molecule has 0 bridgehead atoms. The van der Waals surface area contributed by atoms with E-state index in [1.165, 1.54) is 12.8 Å². The molecule has 2 aliphatic heterocycles. The van der Waals surface area contributed by atoms with E-state index in [2.05, 4.69) is 29.9 Å². The Bertz CT molecular complexity index is 432. The SMILES string of the molecule is O=Nc1nc(N2CCCCC2)nc(N2CCCCC2)n1. The summed E-state index contributed by atoms with van der Waals surface area (Å²) in [6, 6.07) is 0. The van der Waals surface area contributed by atoms with Gasteiger partial charge < -0.3 is 9.80 Å². The number of hydrogen-bond donors (Lipinski definition) is 0. The molecule has 0 amide bonds. The van der Waals surface area contributed by atoms with Crippen molar-refractivity contribution >= 4 is 17.8 Å². The van der Waals surface area contributed by atoms with Crippen molar-refractivity contribution in [1.82, 2.24) is 15.0 Å². The van der Waals surface area contributed by atoms with Crippen LogP contribution in [0.5, 0.6) is 0 Å². The summed E-state index contributed by atoms with van der Waals surface area (Å²) in [5.74, 6) is 1.21. The van der Waals surface area contributed by atoms with Gasteiger partial charge in [-0.2, -0.15) is 15.0 Å². The molecule has 0 N–H and O–H groups in total. The number of nitroso groups, excluding NO2 is 1. The predicted molar refractivity (Wildman–Crippen MR) is 77.4 cm³/mol. The minimum atomic E-state index is 0.00106. The summed E-state index contributed by atoms with van der Waals surface area (Å²) in [4.78, 5) is 28.0. The zero-order valence-electron chi connectivity index (χ0n) is 11.7. The van der Waals surface area contributed by atoms with Crippen molar-refractivity contribution in [3.63, 3.8) is 0 Å². The number of piperidine rings is 2. The highest BCUT2D eigenvalue weighted by Gasteiger charge is 2.20. The molecule has 0 atom stereocenters. The molecule has 108 valence electrons. The van der Waals surface area contributed by atoms with Crippen LogP contribution >= 0.6 is 0 Å². The second-order valence-electron chi connectivity index (χ2n) is 5.42. The Morgan fingerprint density at radius 2 is 1.15 bits per heavy atom. The third-order valence-corrected chi connectivity index (χ3v) is 3.96. The fourth-order valence-electron chi connectivity index (χ4n) is 2.85. The van der Waals surface area contributed by atoms with Crippen LogP contribution in [0.3, 0.4) is 0 Å². The Balaban J connectivity index is 1.87. The van der Waals surface area contributed by atoms with Gasteiger partial charge in [-0.3, -0.25) is 0 Å². The zero-order valence-corrected chi connectivity index (χ0v) is 11.7. The fourth-order valence-corrected chi connectivity index (χ4v) is 2.85. The molecule has 1 aromatic heterocycles. The van der Waals surface area contributed by atoms with Crippen LogP contribution in [0, 0.1) is 4.91 Å². The molecule has 7 heteroatoms. The summed E-state index contributed by atoms with van der Waals surface area (Å²) in [5, 5.41) is 2.92. The van der Waals surface area contributed by atoms with Crippen molar-refractivity contribution in [3.8, 4) is 0 Å². The second kappa shape index (κ2) is 6.11. The van der Waals surface area contributed by atoms with Gasteiger partial charge in [0.2, 0.25) is 11.9 Å². The molecule has 2 aliphatic rings. The van der Waals surface area contributed by atoms with Gasteiger partial charge in [0.05, 0.1) is 0 Å². The van der Waals surface area contributed by atoms with Crippen LogP contribution in [0.15, 0.2) is 5.18 Å². The third-order valence-electron chi connectivity index (χ3n) is 3.96. The summed E-state index contributed by atoms with van der Waals surface area (Å²) in [7, 11) is 0. The van der Waals surface area contributed by atoms with Crippen LogP contribution in [-0.4, -0.2) is 41.1 Å². The average molecular weight is 276 g/mol.